The predicted molar refractivity (Wildman–Crippen MR) is 99.1 cm³/mol. The summed E-state index contributed by atoms with van der Waals surface area (Å²) in [6.45, 7) is 2.16. The first-order valence-electron chi connectivity index (χ1n) is 10.1. The van der Waals surface area contributed by atoms with E-state index >= 15 is 0 Å². The van der Waals surface area contributed by atoms with Crippen LogP contribution in [0.5, 0.6) is 0 Å². The SMILES string of the molecule is CCCCCCC(O)CCCCCCCCCC(CCO)C(=O)O. The van der Waals surface area contributed by atoms with Crippen LogP contribution < -0.4 is 0 Å². The fourth-order valence-electron chi connectivity index (χ4n) is 3.15. The number of aliphatic hydroxyl groups is 2. The minimum atomic E-state index is -0.780. The van der Waals surface area contributed by atoms with E-state index < -0.39 is 5.97 Å². The van der Waals surface area contributed by atoms with E-state index in [4.69, 9.17) is 10.2 Å². The summed E-state index contributed by atoms with van der Waals surface area (Å²) in [5.74, 6) is -1.16. The van der Waals surface area contributed by atoms with E-state index in [-0.39, 0.29) is 18.6 Å². The number of rotatable bonds is 18. The Kier molecular flexibility index (Phi) is 16.8. The quantitative estimate of drug-likeness (QED) is 0.309. The molecule has 0 rings (SSSR count). The van der Waals surface area contributed by atoms with Crippen LogP contribution in [0, 0.1) is 5.92 Å². The standard InChI is InChI=1S/C20H40O4/c1-2-3-4-11-14-19(22)15-12-9-7-5-6-8-10-13-18(16-17-21)20(23)24/h18-19,21-22H,2-17H2,1H3,(H,23,24). The molecule has 0 radical (unpaired) electrons. The number of aliphatic hydroxyl groups excluding tert-OH is 2. The summed E-state index contributed by atoms with van der Waals surface area (Å²) in [4.78, 5) is 10.9. The molecule has 2 unspecified atom stereocenters. The molecule has 0 heterocycles. The summed E-state index contributed by atoms with van der Waals surface area (Å²) in [5, 5.41) is 27.7. The van der Waals surface area contributed by atoms with E-state index in [9.17, 15) is 9.90 Å². The van der Waals surface area contributed by atoms with Crippen molar-refractivity contribution in [3.8, 4) is 0 Å². The van der Waals surface area contributed by atoms with E-state index in [1.807, 2.05) is 0 Å². The lowest BCUT2D eigenvalue weighted by Gasteiger charge is -2.11. The van der Waals surface area contributed by atoms with Gasteiger partial charge >= 0.3 is 5.97 Å². The van der Waals surface area contributed by atoms with Crippen LogP contribution in [-0.2, 0) is 4.79 Å². The molecular formula is C20H40O4. The molecule has 3 N–H and O–H groups in total. The van der Waals surface area contributed by atoms with Gasteiger partial charge in [0.2, 0.25) is 0 Å². The highest BCUT2D eigenvalue weighted by molar-refractivity contribution is 5.69. The number of unbranched alkanes of at least 4 members (excludes halogenated alkanes) is 9. The molecule has 0 aromatic heterocycles. The Hall–Kier alpha value is -0.610. The van der Waals surface area contributed by atoms with E-state index in [1.165, 1.54) is 38.5 Å². The molecule has 0 spiro atoms. The maximum absolute atomic E-state index is 10.9. The molecule has 4 nitrogen and oxygen atoms in total. The smallest absolute Gasteiger partial charge is 0.306 e. The van der Waals surface area contributed by atoms with E-state index in [1.54, 1.807) is 0 Å². The molecule has 0 aliphatic carbocycles. The summed E-state index contributed by atoms with van der Waals surface area (Å²) in [5.41, 5.74) is 0. The highest BCUT2D eigenvalue weighted by Crippen LogP contribution is 2.17. The third-order valence-electron chi connectivity index (χ3n) is 4.81. The zero-order valence-corrected chi connectivity index (χ0v) is 15.7. The number of carbonyl (C=O) groups is 1. The number of carboxylic acids is 1. The topological polar surface area (TPSA) is 77.8 Å². The Morgan fingerprint density at radius 1 is 0.750 bits per heavy atom. The predicted octanol–water partition coefficient (Wildman–Crippen LogP) is 4.91. The Balaban J connectivity index is 3.34. The van der Waals surface area contributed by atoms with Crippen LogP contribution in [-0.4, -0.2) is 34.0 Å². The molecule has 24 heavy (non-hydrogen) atoms. The number of hydrogen-bond acceptors (Lipinski definition) is 3. The van der Waals surface area contributed by atoms with E-state index in [0.29, 0.717) is 12.8 Å². The molecule has 4 heteroatoms. The van der Waals surface area contributed by atoms with Gasteiger partial charge in [0.15, 0.2) is 0 Å². The Bertz CT molecular complexity index is 281. The molecule has 0 amide bonds. The van der Waals surface area contributed by atoms with Crippen molar-refractivity contribution < 1.29 is 20.1 Å². The Morgan fingerprint density at radius 3 is 1.67 bits per heavy atom. The molecule has 0 aliphatic heterocycles. The molecule has 0 aromatic rings. The van der Waals surface area contributed by atoms with Gasteiger partial charge in [-0.15, -0.1) is 0 Å². The van der Waals surface area contributed by atoms with Gasteiger partial charge in [-0.2, -0.15) is 0 Å². The number of aliphatic carboxylic acids is 1. The van der Waals surface area contributed by atoms with Gasteiger partial charge in [0.25, 0.3) is 0 Å². The van der Waals surface area contributed by atoms with Gasteiger partial charge in [0.1, 0.15) is 0 Å². The summed E-state index contributed by atoms with van der Waals surface area (Å²) in [6, 6.07) is 0. The lowest BCUT2D eigenvalue weighted by molar-refractivity contribution is -0.142. The van der Waals surface area contributed by atoms with Gasteiger partial charge in [-0.1, -0.05) is 77.6 Å². The molecule has 0 aromatic carbocycles. The fraction of sp³-hybridized carbons (Fsp3) is 0.950. The first-order valence-corrected chi connectivity index (χ1v) is 10.1. The zero-order chi connectivity index (χ0) is 18.0. The third-order valence-corrected chi connectivity index (χ3v) is 4.81. The maximum Gasteiger partial charge on any atom is 0.306 e. The average molecular weight is 345 g/mol. The number of hydrogen-bond donors (Lipinski definition) is 3. The molecule has 0 saturated heterocycles. The van der Waals surface area contributed by atoms with Crippen LogP contribution in [0.1, 0.15) is 103 Å². The van der Waals surface area contributed by atoms with Crippen molar-refractivity contribution >= 4 is 5.97 Å². The summed E-state index contributed by atoms with van der Waals surface area (Å²) < 4.78 is 0. The molecular weight excluding hydrogens is 304 g/mol. The van der Waals surface area contributed by atoms with E-state index in [0.717, 1.165) is 44.9 Å². The molecule has 0 aliphatic rings. The summed E-state index contributed by atoms with van der Waals surface area (Å²) >= 11 is 0. The normalized spacial score (nSPS) is 13.8. The van der Waals surface area contributed by atoms with Crippen molar-refractivity contribution in [3.63, 3.8) is 0 Å². The lowest BCUT2D eigenvalue weighted by Crippen LogP contribution is -2.15. The monoisotopic (exact) mass is 344 g/mol. The molecule has 0 fully saturated rings. The summed E-state index contributed by atoms with van der Waals surface area (Å²) in [6.07, 6.45) is 15.6. The van der Waals surface area contributed by atoms with Crippen LogP contribution in [0.15, 0.2) is 0 Å². The molecule has 144 valence electrons. The highest BCUT2D eigenvalue weighted by atomic mass is 16.4. The van der Waals surface area contributed by atoms with Crippen molar-refractivity contribution in [2.75, 3.05) is 6.61 Å². The van der Waals surface area contributed by atoms with Gasteiger partial charge in [-0.3, -0.25) is 4.79 Å². The van der Waals surface area contributed by atoms with Crippen molar-refractivity contribution in [1.29, 1.82) is 0 Å². The molecule has 0 bridgehead atoms. The van der Waals surface area contributed by atoms with Crippen LogP contribution in [0.2, 0.25) is 0 Å². The minimum Gasteiger partial charge on any atom is -0.481 e. The van der Waals surface area contributed by atoms with Crippen LogP contribution in [0.25, 0.3) is 0 Å². The first kappa shape index (κ1) is 23.4. The van der Waals surface area contributed by atoms with E-state index in [2.05, 4.69) is 6.92 Å². The fourth-order valence-corrected chi connectivity index (χ4v) is 3.15. The van der Waals surface area contributed by atoms with Crippen molar-refractivity contribution in [3.05, 3.63) is 0 Å². The largest absolute Gasteiger partial charge is 0.481 e. The molecule has 2 atom stereocenters. The second-order valence-electron chi connectivity index (χ2n) is 7.10. The van der Waals surface area contributed by atoms with Gasteiger partial charge < -0.3 is 15.3 Å². The van der Waals surface area contributed by atoms with Crippen LogP contribution in [0.3, 0.4) is 0 Å². The van der Waals surface area contributed by atoms with Crippen molar-refractivity contribution in [2.24, 2.45) is 5.92 Å². The van der Waals surface area contributed by atoms with Crippen LogP contribution in [0.4, 0.5) is 0 Å². The van der Waals surface area contributed by atoms with Gasteiger partial charge in [-0.25, -0.2) is 0 Å². The first-order chi connectivity index (χ1) is 11.6. The zero-order valence-electron chi connectivity index (χ0n) is 15.7. The highest BCUT2D eigenvalue weighted by Gasteiger charge is 2.15. The Morgan fingerprint density at radius 2 is 1.21 bits per heavy atom. The van der Waals surface area contributed by atoms with Gasteiger partial charge in [0.05, 0.1) is 12.0 Å². The van der Waals surface area contributed by atoms with Crippen LogP contribution >= 0.6 is 0 Å². The average Bonchev–Trinajstić information content (AvgIpc) is 2.56. The summed E-state index contributed by atoms with van der Waals surface area (Å²) in [7, 11) is 0. The van der Waals surface area contributed by atoms with Gasteiger partial charge in [-0.05, 0) is 25.7 Å². The maximum atomic E-state index is 10.9. The molecule has 0 saturated carbocycles. The second-order valence-corrected chi connectivity index (χ2v) is 7.10. The lowest BCUT2D eigenvalue weighted by atomic mass is 9.97. The second kappa shape index (κ2) is 17.2. The Labute approximate surface area is 148 Å². The number of carboxylic acid groups (broad SMARTS) is 1. The van der Waals surface area contributed by atoms with Crippen molar-refractivity contribution in [1.82, 2.24) is 0 Å². The third kappa shape index (κ3) is 14.9. The van der Waals surface area contributed by atoms with Gasteiger partial charge in [0, 0.05) is 6.61 Å². The van der Waals surface area contributed by atoms with Crippen molar-refractivity contribution in [2.45, 2.75) is 109 Å². The minimum absolute atomic E-state index is 0.0403.